The number of aryl methyl sites for hydroxylation is 1. The van der Waals surface area contributed by atoms with Gasteiger partial charge in [0.15, 0.2) is 0 Å². The Morgan fingerprint density at radius 1 is 1.17 bits per heavy atom. The van der Waals surface area contributed by atoms with Gasteiger partial charge in [-0.15, -0.1) is 0 Å². The van der Waals surface area contributed by atoms with Gasteiger partial charge in [-0.2, -0.15) is 0 Å². The van der Waals surface area contributed by atoms with E-state index in [1.165, 1.54) is 12.7 Å². The van der Waals surface area contributed by atoms with Crippen LogP contribution in [0.2, 0.25) is 0 Å². The van der Waals surface area contributed by atoms with Gasteiger partial charge in [0.1, 0.15) is 5.82 Å². The maximum absolute atomic E-state index is 11.9. The summed E-state index contributed by atoms with van der Waals surface area (Å²) in [4.78, 5) is 16.3. The third kappa shape index (κ3) is 3.05. The molecule has 0 aliphatic heterocycles. The van der Waals surface area contributed by atoms with Crippen LogP contribution < -0.4 is 5.32 Å². The summed E-state index contributed by atoms with van der Waals surface area (Å²) in [5.74, 6) is 0.301. The number of aromatic nitrogens is 1. The van der Waals surface area contributed by atoms with E-state index in [9.17, 15) is 4.79 Å². The van der Waals surface area contributed by atoms with Crippen LogP contribution in [-0.2, 0) is 4.74 Å². The van der Waals surface area contributed by atoms with Crippen molar-refractivity contribution >= 4 is 44.2 Å². The van der Waals surface area contributed by atoms with Crippen LogP contribution in [0.25, 0.3) is 10.8 Å². The number of benzene rings is 2. The molecule has 5 heteroatoms. The third-order valence-electron chi connectivity index (χ3n) is 3.58. The summed E-state index contributed by atoms with van der Waals surface area (Å²) >= 11 is 3.55. The number of halogens is 1. The number of anilines is 2. The van der Waals surface area contributed by atoms with E-state index in [1.807, 2.05) is 49.4 Å². The Labute approximate surface area is 142 Å². The lowest BCUT2D eigenvalue weighted by atomic mass is 10.1. The second-order valence-electron chi connectivity index (χ2n) is 5.17. The zero-order valence-corrected chi connectivity index (χ0v) is 14.3. The van der Waals surface area contributed by atoms with Gasteiger partial charge < -0.3 is 10.1 Å². The van der Waals surface area contributed by atoms with Gasteiger partial charge in [0.2, 0.25) is 0 Å². The van der Waals surface area contributed by atoms with E-state index in [1.54, 1.807) is 6.20 Å². The van der Waals surface area contributed by atoms with Gasteiger partial charge in [-0.1, -0.05) is 30.3 Å². The maximum atomic E-state index is 11.9. The second kappa shape index (κ2) is 6.38. The lowest BCUT2D eigenvalue weighted by molar-refractivity contribution is 0.0602. The number of hydrogen-bond donors (Lipinski definition) is 1. The molecule has 0 saturated heterocycles. The minimum Gasteiger partial charge on any atom is -0.465 e. The Morgan fingerprint density at radius 2 is 1.91 bits per heavy atom. The summed E-state index contributed by atoms with van der Waals surface area (Å²) in [6.45, 7) is 2.04. The van der Waals surface area contributed by atoms with Gasteiger partial charge in [-0.3, -0.25) is 0 Å². The van der Waals surface area contributed by atoms with Crippen LogP contribution in [0.4, 0.5) is 11.5 Å². The largest absolute Gasteiger partial charge is 0.465 e. The average molecular weight is 371 g/mol. The van der Waals surface area contributed by atoms with E-state index in [2.05, 4.69) is 26.2 Å². The van der Waals surface area contributed by atoms with Gasteiger partial charge in [0.05, 0.1) is 18.4 Å². The van der Waals surface area contributed by atoms with E-state index < -0.39 is 5.97 Å². The van der Waals surface area contributed by atoms with Crippen molar-refractivity contribution in [2.45, 2.75) is 6.92 Å². The quantitative estimate of drug-likeness (QED) is 0.670. The van der Waals surface area contributed by atoms with Crippen LogP contribution in [0, 0.1) is 6.92 Å². The predicted octanol–water partition coefficient (Wildman–Crippen LogP) is 4.84. The SMILES string of the molecule is COC(=O)c1cnc(Nc2ccc(C)cc2Br)c2ccccc12. The van der Waals surface area contributed by atoms with E-state index in [0.29, 0.717) is 11.4 Å². The summed E-state index contributed by atoms with van der Waals surface area (Å²) in [5, 5.41) is 4.99. The molecule has 1 N–H and O–H groups in total. The normalized spacial score (nSPS) is 10.6. The third-order valence-corrected chi connectivity index (χ3v) is 4.23. The smallest absolute Gasteiger partial charge is 0.340 e. The highest BCUT2D eigenvalue weighted by atomic mass is 79.9. The lowest BCUT2D eigenvalue weighted by Crippen LogP contribution is -2.05. The van der Waals surface area contributed by atoms with E-state index in [4.69, 9.17) is 4.74 Å². The van der Waals surface area contributed by atoms with Crippen molar-refractivity contribution in [3.05, 3.63) is 64.3 Å². The zero-order valence-electron chi connectivity index (χ0n) is 12.8. The average Bonchev–Trinajstić information content (AvgIpc) is 2.57. The van der Waals surface area contributed by atoms with Crippen molar-refractivity contribution < 1.29 is 9.53 Å². The van der Waals surface area contributed by atoms with Gasteiger partial charge in [0.25, 0.3) is 0 Å². The molecule has 0 fully saturated rings. The minimum atomic E-state index is -0.392. The van der Waals surface area contributed by atoms with Gasteiger partial charge in [-0.05, 0) is 40.5 Å². The van der Waals surface area contributed by atoms with Crippen molar-refractivity contribution in [2.75, 3.05) is 12.4 Å². The minimum absolute atomic E-state index is 0.392. The molecule has 1 aromatic heterocycles. The standard InChI is InChI=1S/C18H15BrN2O2/c1-11-7-8-16(15(19)9-11)21-17-13-6-4-3-5-12(13)14(10-20-17)18(22)23-2/h3-10H,1-2H3,(H,20,21). The van der Waals surface area contributed by atoms with Gasteiger partial charge >= 0.3 is 5.97 Å². The van der Waals surface area contributed by atoms with Crippen molar-refractivity contribution in [1.82, 2.24) is 4.98 Å². The molecule has 23 heavy (non-hydrogen) atoms. The molecule has 1 heterocycles. The Hall–Kier alpha value is -2.40. The first-order valence-corrected chi connectivity index (χ1v) is 7.88. The Bertz CT molecular complexity index is 893. The highest BCUT2D eigenvalue weighted by Crippen LogP contribution is 2.30. The Balaban J connectivity index is 2.10. The van der Waals surface area contributed by atoms with E-state index in [0.717, 1.165) is 20.9 Å². The fourth-order valence-corrected chi connectivity index (χ4v) is 3.01. The van der Waals surface area contributed by atoms with E-state index in [-0.39, 0.29) is 0 Å². The number of esters is 1. The molecule has 0 amide bonds. The number of pyridine rings is 1. The number of nitrogens with zero attached hydrogens (tertiary/aromatic N) is 1. The summed E-state index contributed by atoms with van der Waals surface area (Å²) < 4.78 is 5.79. The molecular formula is C18H15BrN2O2. The number of ether oxygens (including phenoxy) is 1. The number of rotatable bonds is 3. The molecule has 0 aliphatic carbocycles. The van der Waals surface area contributed by atoms with Crippen LogP contribution >= 0.6 is 15.9 Å². The van der Waals surface area contributed by atoms with Crippen LogP contribution in [-0.4, -0.2) is 18.1 Å². The van der Waals surface area contributed by atoms with Crippen molar-refractivity contribution in [2.24, 2.45) is 0 Å². The summed E-state index contributed by atoms with van der Waals surface area (Å²) in [7, 11) is 1.37. The van der Waals surface area contributed by atoms with Crippen LogP contribution in [0.15, 0.2) is 53.1 Å². The van der Waals surface area contributed by atoms with Crippen molar-refractivity contribution in [3.63, 3.8) is 0 Å². The van der Waals surface area contributed by atoms with Crippen LogP contribution in [0.1, 0.15) is 15.9 Å². The molecule has 3 rings (SSSR count). The fraction of sp³-hybridized carbons (Fsp3) is 0.111. The molecule has 4 nitrogen and oxygen atoms in total. The second-order valence-corrected chi connectivity index (χ2v) is 6.02. The first kappa shape index (κ1) is 15.5. The predicted molar refractivity (Wildman–Crippen MR) is 95.2 cm³/mol. The molecule has 0 atom stereocenters. The molecule has 0 saturated carbocycles. The molecule has 0 radical (unpaired) electrons. The summed E-state index contributed by atoms with van der Waals surface area (Å²) in [5.41, 5.74) is 2.54. The molecule has 0 bridgehead atoms. The first-order chi connectivity index (χ1) is 11.1. The van der Waals surface area contributed by atoms with Gasteiger partial charge in [-0.25, -0.2) is 9.78 Å². The molecular weight excluding hydrogens is 356 g/mol. The highest BCUT2D eigenvalue weighted by molar-refractivity contribution is 9.10. The molecule has 0 spiro atoms. The summed E-state index contributed by atoms with van der Waals surface area (Å²) in [6, 6.07) is 13.7. The van der Waals surface area contributed by atoms with Crippen molar-refractivity contribution in [1.29, 1.82) is 0 Å². The highest BCUT2D eigenvalue weighted by Gasteiger charge is 2.14. The van der Waals surface area contributed by atoms with Crippen LogP contribution in [0.3, 0.4) is 0 Å². The van der Waals surface area contributed by atoms with E-state index >= 15 is 0 Å². The first-order valence-electron chi connectivity index (χ1n) is 7.09. The maximum Gasteiger partial charge on any atom is 0.340 e. The number of carbonyl (C=O) groups excluding carboxylic acids is 1. The molecule has 2 aromatic carbocycles. The summed E-state index contributed by atoms with van der Waals surface area (Å²) in [6.07, 6.45) is 1.54. The number of carbonyl (C=O) groups is 1. The fourth-order valence-electron chi connectivity index (χ4n) is 2.41. The van der Waals surface area contributed by atoms with Crippen LogP contribution in [0.5, 0.6) is 0 Å². The van der Waals surface area contributed by atoms with Crippen molar-refractivity contribution in [3.8, 4) is 0 Å². The lowest BCUT2D eigenvalue weighted by Gasteiger charge is -2.12. The van der Waals surface area contributed by atoms with Gasteiger partial charge in [0, 0.05) is 21.4 Å². The molecule has 3 aromatic rings. The number of hydrogen-bond acceptors (Lipinski definition) is 4. The topological polar surface area (TPSA) is 51.2 Å². The molecule has 0 aliphatic rings. The number of fused-ring (bicyclic) bond motifs is 1. The number of nitrogens with one attached hydrogen (secondary N) is 1. The Kier molecular flexibility index (Phi) is 4.30. The molecule has 0 unspecified atom stereocenters. The zero-order chi connectivity index (χ0) is 16.4. The number of methoxy groups -OCH3 is 1. The Morgan fingerprint density at radius 3 is 2.61 bits per heavy atom. The molecule has 116 valence electrons. The monoisotopic (exact) mass is 370 g/mol.